The van der Waals surface area contributed by atoms with Gasteiger partial charge in [-0.3, -0.25) is 0 Å². The fourth-order valence-corrected chi connectivity index (χ4v) is 2.54. The van der Waals surface area contributed by atoms with E-state index in [1.807, 2.05) is 0 Å². The second-order valence-corrected chi connectivity index (χ2v) is 5.01. The van der Waals surface area contributed by atoms with Crippen LogP contribution in [-0.2, 0) is 11.2 Å². The van der Waals surface area contributed by atoms with Crippen LogP contribution >= 0.6 is 0 Å². The average Bonchev–Trinajstić information content (AvgIpc) is 2.89. The van der Waals surface area contributed by atoms with E-state index < -0.39 is 0 Å². The maximum atomic E-state index is 5.87. The zero-order valence-corrected chi connectivity index (χ0v) is 10.9. The highest BCUT2D eigenvalue weighted by atomic mass is 16.5. The number of nitrogen functional groups attached to an aromatic ring is 1. The molecular weight excluding hydrogens is 242 g/mol. The number of nitrogens with zero attached hydrogens (tertiary/aromatic N) is 3. The number of H-pyrrole nitrogens is 1. The number of hydrogen-bond acceptors (Lipinski definition) is 5. The molecular formula is C13H19N5O. The van der Waals surface area contributed by atoms with Crippen LogP contribution in [0.1, 0.15) is 37.9 Å². The zero-order chi connectivity index (χ0) is 13.1. The van der Waals surface area contributed by atoms with Crippen LogP contribution in [0, 0.1) is 0 Å². The van der Waals surface area contributed by atoms with Crippen LogP contribution in [0.4, 0.5) is 5.82 Å². The molecule has 6 heteroatoms. The van der Waals surface area contributed by atoms with Gasteiger partial charge in [-0.2, -0.15) is 0 Å². The molecule has 2 aromatic heterocycles. The van der Waals surface area contributed by atoms with Crippen LogP contribution in [0.2, 0.25) is 0 Å². The largest absolute Gasteiger partial charge is 0.382 e. The molecule has 3 rings (SSSR count). The van der Waals surface area contributed by atoms with Gasteiger partial charge in [-0.05, 0) is 32.1 Å². The Balaban J connectivity index is 1.58. The van der Waals surface area contributed by atoms with E-state index in [2.05, 4.69) is 19.9 Å². The smallest absolute Gasteiger partial charge is 0.183 e. The molecule has 0 bridgehead atoms. The maximum absolute atomic E-state index is 5.87. The number of aromatic nitrogens is 4. The lowest BCUT2D eigenvalue weighted by Crippen LogP contribution is -2.19. The summed E-state index contributed by atoms with van der Waals surface area (Å²) in [6.07, 6.45) is 8.60. The predicted molar refractivity (Wildman–Crippen MR) is 72.6 cm³/mol. The van der Waals surface area contributed by atoms with Crippen molar-refractivity contribution in [3.05, 3.63) is 12.2 Å². The summed E-state index contributed by atoms with van der Waals surface area (Å²) in [5.74, 6) is 1.25. The molecule has 102 valence electrons. The van der Waals surface area contributed by atoms with Crippen LogP contribution in [-0.4, -0.2) is 32.6 Å². The molecule has 6 nitrogen and oxygen atoms in total. The molecule has 1 unspecified atom stereocenters. The third-order valence-electron chi connectivity index (χ3n) is 3.56. The van der Waals surface area contributed by atoms with Crippen molar-refractivity contribution in [2.45, 2.75) is 44.6 Å². The van der Waals surface area contributed by atoms with Gasteiger partial charge < -0.3 is 15.5 Å². The lowest BCUT2D eigenvalue weighted by atomic mass is 10.0. The Kier molecular flexibility index (Phi) is 3.59. The molecule has 1 aliphatic heterocycles. The van der Waals surface area contributed by atoms with E-state index in [1.165, 1.54) is 19.3 Å². The number of hydrogen-bond donors (Lipinski definition) is 2. The van der Waals surface area contributed by atoms with Gasteiger partial charge in [-0.15, -0.1) is 0 Å². The summed E-state index contributed by atoms with van der Waals surface area (Å²) in [6.45, 7) is 0.910. The monoisotopic (exact) mass is 261 g/mol. The molecule has 19 heavy (non-hydrogen) atoms. The zero-order valence-electron chi connectivity index (χ0n) is 10.9. The van der Waals surface area contributed by atoms with Crippen molar-refractivity contribution in [1.29, 1.82) is 0 Å². The molecule has 1 aliphatic rings. The highest BCUT2D eigenvalue weighted by molar-refractivity contribution is 5.80. The second-order valence-electron chi connectivity index (χ2n) is 5.01. The van der Waals surface area contributed by atoms with E-state index >= 15 is 0 Å². The van der Waals surface area contributed by atoms with E-state index in [0.717, 1.165) is 37.2 Å². The minimum absolute atomic E-state index is 0.417. The summed E-state index contributed by atoms with van der Waals surface area (Å²) in [5, 5.41) is 0. The summed E-state index contributed by atoms with van der Waals surface area (Å²) in [4.78, 5) is 15.8. The number of nitrogens with two attached hydrogens (primary N) is 1. The summed E-state index contributed by atoms with van der Waals surface area (Å²) < 4.78 is 5.71. The summed E-state index contributed by atoms with van der Waals surface area (Å²) in [6, 6.07) is 0. The van der Waals surface area contributed by atoms with Crippen molar-refractivity contribution < 1.29 is 4.74 Å². The van der Waals surface area contributed by atoms with Gasteiger partial charge in [-0.1, -0.05) is 0 Å². The molecule has 0 aromatic carbocycles. The molecule has 0 aliphatic carbocycles. The van der Waals surface area contributed by atoms with Crippen molar-refractivity contribution in [3.63, 3.8) is 0 Å². The van der Waals surface area contributed by atoms with Crippen LogP contribution in [0.3, 0.4) is 0 Å². The fraction of sp³-hybridized carbons (Fsp3) is 0.615. The summed E-state index contributed by atoms with van der Waals surface area (Å²) in [5.41, 5.74) is 7.24. The van der Waals surface area contributed by atoms with E-state index in [4.69, 9.17) is 10.5 Å². The number of aryl methyl sites for hydroxylation is 1. The Labute approximate surface area is 111 Å². The number of fused-ring (bicyclic) bond motifs is 1. The number of rotatable bonds is 4. The van der Waals surface area contributed by atoms with Gasteiger partial charge in [0.25, 0.3) is 0 Å². The maximum Gasteiger partial charge on any atom is 0.183 e. The Bertz CT molecular complexity index is 547. The molecule has 0 spiro atoms. The van der Waals surface area contributed by atoms with Gasteiger partial charge >= 0.3 is 0 Å². The third kappa shape index (κ3) is 2.84. The lowest BCUT2D eigenvalue weighted by Gasteiger charge is -2.22. The second kappa shape index (κ2) is 5.52. The number of anilines is 1. The lowest BCUT2D eigenvalue weighted by molar-refractivity contribution is 0.0101. The first-order chi connectivity index (χ1) is 9.33. The summed E-state index contributed by atoms with van der Waals surface area (Å²) >= 11 is 0. The van der Waals surface area contributed by atoms with Crippen LogP contribution < -0.4 is 5.73 Å². The topological polar surface area (TPSA) is 89.7 Å². The van der Waals surface area contributed by atoms with Gasteiger partial charge in [0.15, 0.2) is 11.5 Å². The Morgan fingerprint density at radius 1 is 1.37 bits per heavy atom. The molecule has 3 heterocycles. The predicted octanol–water partition coefficient (Wildman–Crippen LogP) is 1.83. The minimum atomic E-state index is 0.417. The minimum Gasteiger partial charge on any atom is -0.382 e. The van der Waals surface area contributed by atoms with Crippen molar-refractivity contribution in [3.8, 4) is 0 Å². The van der Waals surface area contributed by atoms with Gasteiger partial charge in [0.05, 0.1) is 12.4 Å². The number of aromatic amines is 1. The van der Waals surface area contributed by atoms with E-state index in [1.54, 1.807) is 6.33 Å². The quantitative estimate of drug-likeness (QED) is 0.876. The first-order valence-corrected chi connectivity index (χ1v) is 6.90. The molecule has 1 saturated heterocycles. The van der Waals surface area contributed by atoms with Crippen LogP contribution in [0.15, 0.2) is 6.33 Å². The molecule has 3 N–H and O–H groups in total. The Morgan fingerprint density at radius 3 is 3.16 bits per heavy atom. The van der Waals surface area contributed by atoms with E-state index in [9.17, 15) is 0 Å². The van der Waals surface area contributed by atoms with Crippen molar-refractivity contribution in [2.24, 2.45) is 0 Å². The van der Waals surface area contributed by atoms with Gasteiger partial charge in [0, 0.05) is 13.0 Å². The van der Waals surface area contributed by atoms with Crippen LogP contribution in [0.5, 0.6) is 0 Å². The van der Waals surface area contributed by atoms with Crippen molar-refractivity contribution in [2.75, 3.05) is 12.3 Å². The first-order valence-electron chi connectivity index (χ1n) is 6.90. The van der Waals surface area contributed by atoms with Gasteiger partial charge in [0.1, 0.15) is 11.3 Å². The summed E-state index contributed by atoms with van der Waals surface area (Å²) in [7, 11) is 0. The molecule has 2 aromatic rings. The number of ether oxygens (including phenoxy) is 1. The highest BCUT2D eigenvalue weighted by Gasteiger charge is 2.14. The van der Waals surface area contributed by atoms with Crippen LogP contribution in [0.25, 0.3) is 11.2 Å². The first kappa shape index (κ1) is 12.3. The van der Waals surface area contributed by atoms with E-state index in [0.29, 0.717) is 17.6 Å². The third-order valence-corrected chi connectivity index (χ3v) is 3.56. The Morgan fingerprint density at radius 2 is 2.32 bits per heavy atom. The molecule has 0 radical (unpaired) electrons. The van der Waals surface area contributed by atoms with Crippen molar-refractivity contribution in [1.82, 2.24) is 19.9 Å². The molecule has 1 fully saturated rings. The normalized spacial score (nSPS) is 19.9. The van der Waals surface area contributed by atoms with Crippen molar-refractivity contribution >= 4 is 17.0 Å². The number of nitrogens with one attached hydrogen (secondary N) is 1. The molecule has 1 atom stereocenters. The van der Waals surface area contributed by atoms with Gasteiger partial charge in [-0.25, -0.2) is 15.0 Å². The average molecular weight is 261 g/mol. The Hall–Kier alpha value is -1.69. The highest BCUT2D eigenvalue weighted by Crippen LogP contribution is 2.19. The SMILES string of the molecule is Nc1nc(CCCC2CCCCO2)nc2nc[nH]c12. The van der Waals surface area contributed by atoms with E-state index in [-0.39, 0.29) is 0 Å². The fourth-order valence-electron chi connectivity index (χ4n) is 2.54. The standard InChI is InChI=1S/C13H19N5O/c14-12-11-13(16-8-15-11)18-10(17-12)6-3-5-9-4-1-2-7-19-9/h8-9H,1-7H2,(H3,14,15,16,17,18). The molecule has 0 amide bonds. The molecule has 0 saturated carbocycles. The van der Waals surface area contributed by atoms with Gasteiger partial charge in [0.2, 0.25) is 0 Å². The number of imidazole rings is 1.